The number of hydrogen-bond donors (Lipinski definition) is 2. The Bertz CT molecular complexity index is 1240. The summed E-state index contributed by atoms with van der Waals surface area (Å²) in [6, 6.07) is 12.8. The van der Waals surface area contributed by atoms with Crippen LogP contribution in [0.4, 0.5) is 15.8 Å². The molecule has 2 aromatic heterocycles. The number of anilines is 1. The predicted molar refractivity (Wildman–Crippen MR) is 104 cm³/mol. The molecule has 144 valence electrons. The maximum atomic E-state index is 14.5. The second kappa shape index (κ2) is 7.39. The number of halogens is 1. The number of carbonyl (C=O) groups excluding carboxylic acids is 1. The molecule has 0 atom stereocenters. The Morgan fingerprint density at radius 2 is 1.97 bits per heavy atom. The molecule has 0 fully saturated rings. The maximum absolute atomic E-state index is 14.5. The summed E-state index contributed by atoms with van der Waals surface area (Å²) in [4.78, 5) is 29.9. The molecule has 8 nitrogen and oxygen atoms in total. The Morgan fingerprint density at radius 1 is 1.14 bits per heavy atom. The quantitative estimate of drug-likeness (QED) is 0.379. The number of nitro benzene ring substituents is 1. The summed E-state index contributed by atoms with van der Waals surface area (Å²) < 4.78 is 20.2. The van der Waals surface area contributed by atoms with E-state index < -0.39 is 16.6 Å². The van der Waals surface area contributed by atoms with Gasteiger partial charge in [0, 0.05) is 30.2 Å². The van der Waals surface area contributed by atoms with E-state index in [1.807, 2.05) is 0 Å². The van der Waals surface area contributed by atoms with Crippen molar-refractivity contribution in [3.05, 3.63) is 88.5 Å². The van der Waals surface area contributed by atoms with Crippen LogP contribution in [0.2, 0.25) is 0 Å². The number of fused-ring (bicyclic) bond motifs is 1. The minimum absolute atomic E-state index is 0.0395. The molecule has 0 bridgehead atoms. The van der Waals surface area contributed by atoms with Gasteiger partial charge in [0.1, 0.15) is 17.0 Å². The molecule has 2 N–H and O–H groups in total. The first-order valence-corrected chi connectivity index (χ1v) is 8.47. The Morgan fingerprint density at radius 3 is 2.76 bits per heavy atom. The van der Waals surface area contributed by atoms with Crippen molar-refractivity contribution in [1.29, 1.82) is 0 Å². The molecule has 0 aliphatic rings. The molecule has 2 aromatic carbocycles. The minimum Gasteiger partial charge on any atom is -0.453 e. The average Bonchev–Trinajstić information content (AvgIpc) is 3.20. The van der Waals surface area contributed by atoms with Gasteiger partial charge >= 0.3 is 0 Å². The number of amides is 1. The standard InChI is InChI=1S/C20H13FN4O4/c21-15-11-12(24-20(26)13-3-1-2-4-16(13)25(27)28)5-6-18(15)29-17-8-10-23-19-14(17)7-9-22-19/h1-11H,(H,22,23)(H,24,26). The van der Waals surface area contributed by atoms with Crippen LogP contribution in [0, 0.1) is 15.9 Å². The van der Waals surface area contributed by atoms with E-state index >= 15 is 0 Å². The van der Waals surface area contributed by atoms with Gasteiger partial charge in [-0.05, 0) is 30.3 Å². The maximum Gasteiger partial charge on any atom is 0.282 e. The van der Waals surface area contributed by atoms with Crippen LogP contribution in [-0.2, 0) is 0 Å². The van der Waals surface area contributed by atoms with Crippen molar-refractivity contribution >= 4 is 28.3 Å². The van der Waals surface area contributed by atoms with Gasteiger partial charge in [-0.2, -0.15) is 0 Å². The molecule has 0 radical (unpaired) electrons. The van der Waals surface area contributed by atoms with Gasteiger partial charge in [-0.15, -0.1) is 0 Å². The van der Waals surface area contributed by atoms with Crippen LogP contribution in [0.25, 0.3) is 11.0 Å². The van der Waals surface area contributed by atoms with Gasteiger partial charge < -0.3 is 15.0 Å². The second-order valence-electron chi connectivity index (χ2n) is 6.02. The summed E-state index contributed by atoms with van der Waals surface area (Å²) in [6.45, 7) is 0. The Hall–Kier alpha value is -4.27. The molecule has 0 saturated carbocycles. The Balaban J connectivity index is 1.56. The lowest BCUT2D eigenvalue weighted by atomic mass is 10.1. The fourth-order valence-corrected chi connectivity index (χ4v) is 2.83. The van der Waals surface area contributed by atoms with Crippen molar-refractivity contribution in [3.8, 4) is 11.5 Å². The van der Waals surface area contributed by atoms with E-state index in [-0.39, 0.29) is 22.7 Å². The fourth-order valence-electron chi connectivity index (χ4n) is 2.83. The number of rotatable bonds is 5. The van der Waals surface area contributed by atoms with Crippen molar-refractivity contribution in [1.82, 2.24) is 9.97 Å². The van der Waals surface area contributed by atoms with E-state index in [0.717, 1.165) is 6.07 Å². The van der Waals surface area contributed by atoms with Crippen molar-refractivity contribution in [2.75, 3.05) is 5.32 Å². The smallest absolute Gasteiger partial charge is 0.282 e. The molecule has 29 heavy (non-hydrogen) atoms. The first-order valence-electron chi connectivity index (χ1n) is 8.47. The van der Waals surface area contributed by atoms with Crippen LogP contribution < -0.4 is 10.1 Å². The van der Waals surface area contributed by atoms with Crippen molar-refractivity contribution in [2.45, 2.75) is 0 Å². The number of hydrogen-bond acceptors (Lipinski definition) is 5. The van der Waals surface area contributed by atoms with Crippen LogP contribution in [0.15, 0.2) is 67.0 Å². The fraction of sp³-hybridized carbons (Fsp3) is 0. The van der Waals surface area contributed by atoms with Gasteiger partial charge in [0.25, 0.3) is 11.6 Å². The molecule has 0 spiro atoms. The largest absolute Gasteiger partial charge is 0.453 e. The average molecular weight is 392 g/mol. The number of benzene rings is 2. The van der Waals surface area contributed by atoms with Crippen molar-refractivity contribution in [2.24, 2.45) is 0 Å². The van der Waals surface area contributed by atoms with Crippen LogP contribution in [-0.4, -0.2) is 20.8 Å². The third kappa shape index (κ3) is 3.61. The van der Waals surface area contributed by atoms with E-state index in [1.165, 1.54) is 42.6 Å². The minimum atomic E-state index is -0.714. The molecule has 4 rings (SSSR count). The summed E-state index contributed by atoms with van der Waals surface area (Å²) in [5.74, 6) is -1.03. The van der Waals surface area contributed by atoms with Gasteiger partial charge in [0.15, 0.2) is 11.6 Å². The van der Waals surface area contributed by atoms with Crippen LogP contribution in [0.5, 0.6) is 11.5 Å². The molecular formula is C20H13FN4O4. The topological polar surface area (TPSA) is 110 Å². The van der Waals surface area contributed by atoms with Crippen molar-refractivity contribution in [3.63, 3.8) is 0 Å². The summed E-state index contributed by atoms with van der Waals surface area (Å²) >= 11 is 0. The number of nitrogens with one attached hydrogen (secondary N) is 2. The van der Waals surface area contributed by atoms with Gasteiger partial charge in [0.2, 0.25) is 0 Å². The molecule has 1 amide bonds. The first kappa shape index (κ1) is 18.1. The van der Waals surface area contributed by atoms with E-state index in [0.29, 0.717) is 16.8 Å². The van der Waals surface area contributed by atoms with Gasteiger partial charge in [-0.25, -0.2) is 9.37 Å². The normalized spacial score (nSPS) is 10.7. The third-order valence-corrected chi connectivity index (χ3v) is 4.18. The first-order chi connectivity index (χ1) is 14.0. The Kier molecular flexibility index (Phi) is 4.62. The number of para-hydroxylation sites is 1. The van der Waals surface area contributed by atoms with E-state index in [9.17, 15) is 19.3 Å². The van der Waals surface area contributed by atoms with Crippen molar-refractivity contribution < 1.29 is 18.8 Å². The zero-order valence-electron chi connectivity index (χ0n) is 14.8. The summed E-state index contributed by atoms with van der Waals surface area (Å²) in [7, 11) is 0. The molecule has 4 aromatic rings. The second-order valence-corrected chi connectivity index (χ2v) is 6.02. The summed E-state index contributed by atoms with van der Waals surface area (Å²) in [6.07, 6.45) is 3.23. The number of aromatic nitrogens is 2. The lowest BCUT2D eigenvalue weighted by Gasteiger charge is -2.10. The predicted octanol–water partition coefficient (Wildman–Crippen LogP) is 4.65. The number of pyridine rings is 1. The van der Waals surface area contributed by atoms with E-state index in [1.54, 1.807) is 18.3 Å². The summed E-state index contributed by atoms with van der Waals surface area (Å²) in [5.41, 5.74) is 0.291. The zero-order valence-corrected chi connectivity index (χ0v) is 14.8. The van der Waals surface area contributed by atoms with Gasteiger partial charge in [-0.3, -0.25) is 14.9 Å². The Labute approximate surface area is 163 Å². The monoisotopic (exact) mass is 392 g/mol. The molecule has 0 saturated heterocycles. The number of carbonyl (C=O) groups is 1. The zero-order chi connectivity index (χ0) is 20.4. The van der Waals surface area contributed by atoms with Crippen LogP contribution >= 0.6 is 0 Å². The van der Waals surface area contributed by atoms with Crippen LogP contribution in [0.1, 0.15) is 10.4 Å². The molecular weight excluding hydrogens is 379 g/mol. The van der Waals surface area contributed by atoms with Gasteiger partial charge in [0.05, 0.1) is 10.3 Å². The highest BCUT2D eigenvalue weighted by atomic mass is 19.1. The molecule has 0 aliphatic carbocycles. The lowest BCUT2D eigenvalue weighted by Crippen LogP contribution is -2.14. The molecule has 0 aliphatic heterocycles. The number of H-pyrrole nitrogens is 1. The molecule has 0 unspecified atom stereocenters. The summed E-state index contributed by atoms with van der Waals surface area (Å²) in [5, 5.41) is 14.2. The van der Waals surface area contributed by atoms with Crippen LogP contribution in [0.3, 0.4) is 0 Å². The lowest BCUT2D eigenvalue weighted by molar-refractivity contribution is -0.385. The number of ether oxygens (including phenoxy) is 1. The molecule has 2 heterocycles. The highest BCUT2D eigenvalue weighted by molar-refractivity contribution is 6.07. The molecule has 9 heteroatoms. The van der Waals surface area contributed by atoms with E-state index in [2.05, 4.69) is 15.3 Å². The highest BCUT2D eigenvalue weighted by Crippen LogP contribution is 2.31. The third-order valence-electron chi connectivity index (χ3n) is 4.18. The SMILES string of the molecule is O=C(Nc1ccc(Oc2ccnc3[nH]ccc23)c(F)c1)c1ccccc1[N+](=O)[O-]. The number of aromatic amines is 1. The highest BCUT2D eigenvalue weighted by Gasteiger charge is 2.19. The number of nitrogens with zero attached hydrogens (tertiary/aromatic N) is 2. The van der Waals surface area contributed by atoms with E-state index in [4.69, 9.17) is 4.74 Å². The van der Waals surface area contributed by atoms with Gasteiger partial charge in [-0.1, -0.05) is 12.1 Å². The number of nitro groups is 1.